The second kappa shape index (κ2) is 57.7. The lowest BCUT2D eigenvalue weighted by atomic mass is 9.99. The Hall–Kier alpha value is -0.910. The summed E-state index contributed by atoms with van der Waals surface area (Å²) in [6, 6.07) is -0.807. The van der Waals surface area contributed by atoms with E-state index in [9.17, 15) is 20.1 Å². The summed E-state index contributed by atoms with van der Waals surface area (Å²) < 4.78 is 0. The molecule has 0 aromatic heterocycles. The molecule has 0 spiro atoms. The highest BCUT2D eigenvalue weighted by atomic mass is 16.3. The van der Waals surface area contributed by atoms with Crippen molar-refractivity contribution < 1.29 is 20.1 Å². The number of nitrogens with one attached hydrogen (secondary N) is 1. The second-order valence-corrected chi connectivity index (χ2v) is 21.6. The maximum atomic E-state index is 12.5. The molecule has 0 rings (SSSR count). The normalized spacial score (nSPS) is 13.2. The maximum Gasteiger partial charge on any atom is 0.220 e. The van der Waals surface area contributed by atoms with Crippen molar-refractivity contribution in [1.82, 2.24) is 5.32 Å². The third-order valence-electron chi connectivity index (χ3n) is 14.9. The molecule has 5 heteroatoms. The van der Waals surface area contributed by atoms with Gasteiger partial charge in [-0.3, -0.25) is 4.79 Å². The minimum atomic E-state index is -1.13. The van der Waals surface area contributed by atoms with Crippen LogP contribution in [0, 0.1) is 0 Å². The zero-order valence-electron chi connectivity index (χ0n) is 45.8. The van der Waals surface area contributed by atoms with Crippen molar-refractivity contribution in [3.63, 3.8) is 0 Å². The Morgan fingerprint density at radius 1 is 0.358 bits per heavy atom. The van der Waals surface area contributed by atoms with Gasteiger partial charge in [0.25, 0.3) is 0 Å². The number of amides is 1. The zero-order chi connectivity index (χ0) is 48.6. The minimum Gasteiger partial charge on any atom is -0.394 e. The van der Waals surface area contributed by atoms with E-state index in [0.29, 0.717) is 12.8 Å². The number of aliphatic hydroxyl groups excluding tert-OH is 3. The number of unbranched alkanes of at least 4 members (excludes halogenated alkanes) is 48. The fourth-order valence-electron chi connectivity index (χ4n) is 10.1. The van der Waals surface area contributed by atoms with E-state index in [4.69, 9.17) is 0 Å². The molecule has 3 unspecified atom stereocenters. The van der Waals surface area contributed by atoms with E-state index in [1.807, 2.05) is 0 Å². The third-order valence-corrected chi connectivity index (χ3v) is 14.9. The van der Waals surface area contributed by atoms with Crippen molar-refractivity contribution in [3.05, 3.63) is 12.2 Å². The number of rotatable bonds is 58. The van der Waals surface area contributed by atoms with E-state index in [1.165, 1.54) is 295 Å². The van der Waals surface area contributed by atoms with Gasteiger partial charge in [0.05, 0.1) is 18.8 Å². The molecule has 0 radical (unpaired) electrons. The van der Waals surface area contributed by atoms with Gasteiger partial charge in [-0.05, 0) is 38.5 Å². The lowest BCUT2D eigenvalue weighted by molar-refractivity contribution is -0.124. The van der Waals surface area contributed by atoms with Crippen LogP contribution in [-0.4, -0.2) is 46.1 Å². The van der Waals surface area contributed by atoms with E-state index in [0.717, 1.165) is 32.1 Å². The number of carbonyl (C=O) groups excluding carboxylic acids is 1. The monoisotopic (exact) mass is 946 g/mol. The van der Waals surface area contributed by atoms with Crippen LogP contribution in [0.4, 0.5) is 0 Å². The highest BCUT2D eigenvalue weighted by Crippen LogP contribution is 2.19. The predicted molar refractivity (Wildman–Crippen MR) is 296 cm³/mol. The van der Waals surface area contributed by atoms with Crippen molar-refractivity contribution >= 4 is 5.91 Å². The molecule has 400 valence electrons. The van der Waals surface area contributed by atoms with E-state index in [-0.39, 0.29) is 12.5 Å². The highest BCUT2D eigenvalue weighted by molar-refractivity contribution is 5.76. The molecule has 3 atom stereocenters. The van der Waals surface area contributed by atoms with E-state index < -0.39 is 18.2 Å². The first-order valence-corrected chi connectivity index (χ1v) is 31.0. The molecular formula is C62H123NO4. The smallest absolute Gasteiger partial charge is 0.220 e. The Kier molecular flexibility index (Phi) is 56.9. The second-order valence-electron chi connectivity index (χ2n) is 21.6. The molecule has 0 heterocycles. The summed E-state index contributed by atoms with van der Waals surface area (Å²) in [4.78, 5) is 12.5. The molecule has 0 fully saturated rings. The Morgan fingerprint density at radius 2 is 0.597 bits per heavy atom. The van der Waals surface area contributed by atoms with E-state index in [1.54, 1.807) is 0 Å². The fraction of sp³-hybridized carbons (Fsp3) is 0.952. The quantitative estimate of drug-likeness (QED) is 0.0361. The first-order valence-electron chi connectivity index (χ1n) is 31.0. The van der Waals surface area contributed by atoms with Gasteiger partial charge in [-0.2, -0.15) is 0 Å². The summed E-state index contributed by atoms with van der Waals surface area (Å²) in [6.45, 7) is 4.23. The Labute approximate surface area is 420 Å². The summed E-state index contributed by atoms with van der Waals surface area (Å²) in [7, 11) is 0. The van der Waals surface area contributed by atoms with Gasteiger partial charge in [-0.1, -0.05) is 321 Å². The van der Waals surface area contributed by atoms with Crippen molar-refractivity contribution in [3.8, 4) is 0 Å². The van der Waals surface area contributed by atoms with Gasteiger partial charge in [0.2, 0.25) is 5.91 Å². The van der Waals surface area contributed by atoms with Crippen LogP contribution in [0.15, 0.2) is 12.2 Å². The predicted octanol–water partition coefficient (Wildman–Crippen LogP) is 19.5. The topological polar surface area (TPSA) is 89.8 Å². The fourth-order valence-corrected chi connectivity index (χ4v) is 10.1. The largest absolute Gasteiger partial charge is 0.394 e. The Bertz CT molecular complexity index is 956. The number of allylic oxidation sites excluding steroid dienone is 2. The first-order chi connectivity index (χ1) is 33.1. The minimum absolute atomic E-state index is 0.137. The maximum absolute atomic E-state index is 12.5. The van der Waals surface area contributed by atoms with Crippen LogP contribution in [-0.2, 0) is 4.79 Å². The average Bonchev–Trinajstić information content (AvgIpc) is 3.33. The van der Waals surface area contributed by atoms with Gasteiger partial charge < -0.3 is 20.6 Å². The molecule has 4 N–H and O–H groups in total. The van der Waals surface area contributed by atoms with Crippen molar-refractivity contribution in [1.29, 1.82) is 0 Å². The molecule has 0 saturated heterocycles. The summed E-state index contributed by atoms with van der Waals surface area (Å²) >= 11 is 0. The highest BCUT2D eigenvalue weighted by Gasteiger charge is 2.26. The van der Waals surface area contributed by atoms with Gasteiger partial charge in [0, 0.05) is 6.42 Å². The number of aliphatic hydroxyl groups is 3. The molecule has 5 nitrogen and oxygen atoms in total. The van der Waals surface area contributed by atoms with Crippen LogP contribution in [0.5, 0.6) is 0 Å². The van der Waals surface area contributed by atoms with E-state index in [2.05, 4.69) is 31.3 Å². The molecule has 0 saturated carbocycles. The van der Waals surface area contributed by atoms with Crippen LogP contribution in [0.1, 0.15) is 354 Å². The SMILES string of the molecule is CCCCCCCCCCCCCC/C=C\CCCCCCCCCCCCCCCCCCC(=O)NC(CO)C(O)C(O)CCCCCCCCCCCCCCCCCCCCCCC. The summed E-state index contributed by atoms with van der Waals surface area (Å²) in [5.74, 6) is -0.137. The van der Waals surface area contributed by atoms with Crippen LogP contribution in [0.3, 0.4) is 0 Å². The summed E-state index contributed by atoms with van der Waals surface area (Å²) in [6.07, 6.45) is 72.5. The van der Waals surface area contributed by atoms with Crippen molar-refractivity contribution in [2.45, 2.75) is 372 Å². The average molecular weight is 947 g/mol. The first kappa shape index (κ1) is 66.1. The lowest BCUT2D eigenvalue weighted by Gasteiger charge is -2.26. The van der Waals surface area contributed by atoms with Crippen LogP contribution >= 0.6 is 0 Å². The zero-order valence-corrected chi connectivity index (χ0v) is 45.8. The Balaban J connectivity index is 3.47. The summed E-state index contributed by atoms with van der Waals surface area (Å²) in [5, 5.41) is 33.9. The Morgan fingerprint density at radius 3 is 0.866 bits per heavy atom. The molecular weight excluding hydrogens is 823 g/mol. The van der Waals surface area contributed by atoms with Gasteiger partial charge in [-0.25, -0.2) is 0 Å². The van der Waals surface area contributed by atoms with E-state index >= 15 is 0 Å². The van der Waals surface area contributed by atoms with Crippen molar-refractivity contribution in [2.24, 2.45) is 0 Å². The number of hydrogen-bond acceptors (Lipinski definition) is 4. The lowest BCUT2D eigenvalue weighted by Crippen LogP contribution is -2.50. The third kappa shape index (κ3) is 52.7. The van der Waals surface area contributed by atoms with Crippen LogP contribution < -0.4 is 5.32 Å². The molecule has 0 bridgehead atoms. The van der Waals surface area contributed by atoms with Gasteiger partial charge in [0.15, 0.2) is 0 Å². The molecule has 0 aliphatic heterocycles. The molecule has 0 aromatic rings. The van der Waals surface area contributed by atoms with Crippen LogP contribution in [0.25, 0.3) is 0 Å². The van der Waals surface area contributed by atoms with Crippen molar-refractivity contribution in [2.75, 3.05) is 6.61 Å². The standard InChI is InChI=1S/C62H123NO4/c1-3-5-7-9-11-13-15-17-19-21-23-25-26-27-28-29-30-31-32-33-34-35-37-39-41-43-45-47-49-51-53-55-57-61(66)63-59(58-64)62(67)60(65)56-54-52-50-48-46-44-42-40-38-36-24-22-20-18-16-14-12-10-8-6-4-2/h27-28,59-60,62,64-65,67H,3-26,29-58H2,1-2H3,(H,63,66)/b28-27-. The molecule has 0 aliphatic rings. The molecule has 0 aliphatic carbocycles. The van der Waals surface area contributed by atoms with Crippen LogP contribution in [0.2, 0.25) is 0 Å². The van der Waals surface area contributed by atoms with Gasteiger partial charge in [-0.15, -0.1) is 0 Å². The van der Waals surface area contributed by atoms with Gasteiger partial charge >= 0.3 is 0 Å². The number of carbonyl (C=O) groups is 1. The van der Waals surface area contributed by atoms with Gasteiger partial charge in [0.1, 0.15) is 6.10 Å². The molecule has 67 heavy (non-hydrogen) atoms. The molecule has 1 amide bonds. The molecule has 0 aromatic carbocycles. The number of hydrogen-bond donors (Lipinski definition) is 4. The summed E-state index contributed by atoms with van der Waals surface area (Å²) in [5.41, 5.74) is 0.